The van der Waals surface area contributed by atoms with Gasteiger partial charge in [-0.15, -0.1) is 0 Å². The molecule has 3 nitrogen and oxygen atoms in total. The largest absolute Gasteiger partial charge is 0.367 e. The lowest BCUT2D eigenvalue weighted by atomic mass is 10.4. The van der Waals surface area contributed by atoms with Crippen molar-refractivity contribution < 1.29 is 0 Å². The maximum absolute atomic E-state index is 5.62. The molecule has 0 aromatic carbocycles. The number of anilines is 1. The first-order valence-corrected chi connectivity index (χ1v) is 4.71. The maximum atomic E-state index is 5.62. The summed E-state index contributed by atoms with van der Waals surface area (Å²) in [4.78, 5) is 7.82. The standard InChI is InChI=1S/C7H9BrClN3/c1-4(2)11-6-5(8)3-10-7(9)12-6/h3-4H,1-2H3,(H,10,11,12). The molecule has 0 amide bonds. The van der Waals surface area contributed by atoms with Crippen LogP contribution in [0.1, 0.15) is 13.8 Å². The molecule has 5 heteroatoms. The Morgan fingerprint density at radius 3 is 2.83 bits per heavy atom. The zero-order valence-corrected chi connectivity index (χ0v) is 9.15. The van der Waals surface area contributed by atoms with Crippen molar-refractivity contribution in [3.05, 3.63) is 16.0 Å². The van der Waals surface area contributed by atoms with Crippen molar-refractivity contribution >= 4 is 33.3 Å². The van der Waals surface area contributed by atoms with E-state index >= 15 is 0 Å². The van der Waals surface area contributed by atoms with E-state index in [4.69, 9.17) is 11.6 Å². The molecule has 0 radical (unpaired) electrons. The summed E-state index contributed by atoms with van der Waals surface area (Å²) < 4.78 is 0.820. The predicted octanol–water partition coefficient (Wildman–Crippen LogP) is 2.71. The van der Waals surface area contributed by atoms with E-state index in [1.54, 1.807) is 6.20 Å². The summed E-state index contributed by atoms with van der Waals surface area (Å²) in [5, 5.41) is 3.38. The van der Waals surface area contributed by atoms with E-state index in [0.717, 1.165) is 10.3 Å². The van der Waals surface area contributed by atoms with Crippen molar-refractivity contribution in [2.45, 2.75) is 19.9 Å². The highest BCUT2D eigenvalue weighted by atomic mass is 79.9. The normalized spacial score (nSPS) is 10.4. The first-order valence-electron chi connectivity index (χ1n) is 3.54. The fraction of sp³-hybridized carbons (Fsp3) is 0.429. The number of nitrogens with zero attached hydrogens (tertiary/aromatic N) is 2. The lowest BCUT2D eigenvalue weighted by molar-refractivity contribution is 0.884. The van der Waals surface area contributed by atoms with Gasteiger partial charge in [0, 0.05) is 12.2 Å². The molecule has 0 unspecified atom stereocenters. The first kappa shape index (κ1) is 9.74. The van der Waals surface area contributed by atoms with Crippen LogP contribution in [0.25, 0.3) is 0 Å². The van der Waals surface area contributed by atoms with Crippen molar-refractivity contribution in [1.29, 1.82) is 0 Å². The molecular weight excluding hydrogens is 241 g/mol. The summed E-state index contributed by atoms with van der Waals surface area (Å²) >= 11 is 8.93. The Morgan fingerprint density at radius 1 is 1.58 bits per heavy atom. The van der Waals surface area contributed by atoms with E-state index in [9.17, 15) is 0 Å². The molecule has 1 N–H and O–H groups in total. The second kappa shape index (κ2) is 4.05. The molecular formula is C7H9BrClN3. The summed E-state index contributed by atoms with van der Waals surface area (Å²) in [6.45, 7) is 4.06. The van der Waals surface area contributed by atoms with Crippen molar-refractivity contribution in [2.24, 2.45) is 0 Å². The van der Waals surface area contributed by atoms with Crippen LogP contribution in [0.15, 0.2) is 10.7 Å². The molecule has 66 valence electrons. The number of aromatic nitrogens is 2. The van der Waals surface area contributed by atoms with Gasteiger partial charge in [0.2, 0.25) is 5.28 Å². The number of halogens is 2. The van der Waals surface area contributed by atoms with Gasteiger partial charge in [-0.1, -0.05) is 0 Å². The fourth-order valence-corrected chi connectivity index (χ4v) is 1.16. The van der Waals surface area contributed by atoms with Crippen LogP contribution in [0.3, 0.4) is 0 Å². The Hall–Kier alpha value is -0.350. The molecule has 0 aliphatic carbocycles. The lowest BCUT2D eigenvalue weighted by Crippen LogP contribution is -2.11. The van der Waals surface area contributed by atoms with Crippen LogP contribution in [0.2, 0.25) is 5.28 Å². The Balaban J connectivity index is 2.90. The van der Waals surface area contributed by atoms with E-state index in [1.807, 2.05) is 13.8 Å². The van der Waals surface area contributed by atoms with E-state index in [-0.39, 0.29) is 5.28 Å². The quantitative estimate of drug-likeness (QED) is 0.820. The van der Waals surface area contributed by atoms with E-state index in [0.29, 0.717) is 6.04 Å². The van der Waals surface area contributed by atoms with Crippen LogP contribution in [0, 0.1) is 0 Å². The molecule has 1 rings (SSSR count). The van der Waals surface area contributed by atoms with E-state index in [1.165, 1.54) is 0 Å². The smallest absolute Gasteiger partial charge is 0.224 e. The van der Waals surface area contributed by atoms with Crippen molar-refractivity contribution in [2.75, 3.05) is 5.32 Å². The molecule has 0 fully saturated rings. The molecule has 0 aliphatic rings. The van der Waals surface area contributed by atoms with Crippen molar-refractivity contribution in [1.82, 2.24) is 9.97 Å². The minimum atomic E-state index is 0.251. The lowest BCUT2D eigenvalue weighted by Gasteiger charge is -2.09. The van der Waals surface area contributed by atoms with Gasteiger partial charge in [-0.25, -0.2) is 4.98 Å². The molecule has 0 spiro atoms. The molecule has 0 saturated heterocycles. The average molecular weight is 251 g/mol. The van der Waals surface area contributed by atoms with Gasteiger partial charge >= 0.3 is 0 Å². The van der Waals surface area contributed by atoms with Crippen LogP contribution in [-0.4, -0.2) is 16.0 Å². The second-order valence-electron chi connectivity index (χ2n) is 2.63. The summed E-state index contributed by atoms with van der Waals surface area (Å²) in [6.07, 6.45) is 1.63. The minimum Gasteiger partial charge on any atom is -0.367 e. The van der Waals surface area contributed by atoms with Gasteiger partial charge in [-0.3, -0.25) is 0 Å². The summed E-state index contributed by atoms with van der Waals surface area (Å²) in [5.41, 5.74) is 0. The zero-order chi connectivity index (χ0) is 9.14. The Labute approximate surface area is 84.7 Å². The van der Waals surface area contributed by atoms with Gasteiger partial charge in [0.1, 0.15) is 5.82 Å². The maximum Gasteiger partial charge on any atom is 0.224 e. The van der Waals surface area contributed by atoms with Gasteiger partial charge in [0.15, 0.2) is 0 Å². The van der Waals surface area contributed by atoms with Gasteiger partial charge < -0.3 is 5.32 Å². The van der Waals surface area contributed by atoms with Crippen LogP contribution in [0.4, 0.5) is 5.82 Å². The molecule has 1 aromatic heterocycles. The van der Waals surface area contributed by atoms with Crippen LogP contribution >= 0.6 is 27.5 Å². The third-order valence-corrected chi connectivity index (χ3v) is 1.90. The van der Waals surface area contributed by atoms with Crippen molar-refractivity contribution in [3.8, 4) is 0 Å². The van der Waals surface area contributed by atoms with Gasteiger partial charge in [-0.05, 0) is 41.4 Å². The van der Waals surface area contributed by atoms with Gasteiger partial charge in [0.25, 0.3) is 0 Å². The highest BCUT2D eigenvalue weighted by Crippen LogP contribution is 2.20. The monoisotopic (exact) mass is 249 g/mol. The minimum absolute atomic E-state index is 0.251. The topological polar surface area (TPSA) is 37.8 Å². The van der Waals surface area contributed by atoms with Crippen LogP contribution in [-0.2, 0) is 0 Å². The number of hydrogen-bond donors (Lipinski definition) is 1. The average Bonchev–Trinajstić information content (AvgIpc) is 1.96. The molecule has 1 aromatic rings. The Bertz CT molecular complexity index is 277. The highest BCUT2D eigenvalue weighted by molar-refractivity contribution is 9.10. The molecule has 0 atom stereocenters. The molecule has 0 bridgehead atoms. The van der Waals surface area contributed by atoms with Crippen LogP contribution < -0.4 is 5.32 Å². The molecule has 1 heterocycles. The predicted molar refractivity (Wildman–Crippen MR) is 53.5 cm³/mol. The molecule has 0 saturated carbocycles. The zero-order valence-electron chi connectivity index (χ0n) is 6.81. The molecule has 12 heavy (non-hydrogen) atoms. The molecule has 0 aliphatic heterocycles. The van der Waals surface area contributed by atoms with Gasteiger partial charge in [-0.2, -0.15) is 4.98 Å². The second-order valence-corrected chi connectivity index (χ2v) is 3.83. The Morgan fingerprint density at radius 2 is 2.25 bits per heavy atom. The number of rotatable bonds is 2. The van der Waals surface area contributed by atoms with E-state index < -0.39 is 0 Å². The SMILES string of the molecule is CC(C)Nc1nc(Cl)ncc1Br. The third-order valence-electron chi connectivity index (χ3n) is 1.14. The summed E-state index contributed by atoms with van der Waals surface area (Å²) in [5.74, 6) is 0.727. The fourth-order valence-electron chi connectivity index (χ4n) is 0.720. The van der Waals surface area contributed by atoms with Gasteiger partial charge in [0.05, 0.1) is 4.47 Å². The Kier molecular flexibility index (Phi) is 3.29. The third kappa shape index (κ3) is 2.60. The number of hydrogen-bond acceptors (Lipinski definition) is 3. The van der Waals surface area contributed by atoms with Crippen molar-refractivity contribution in [3.63, 3.8) is 0 Å². The number of nitrogens with one attached hydrogen (secondary N) is 1. The summed E-state index contributed by atoms with van der Waals surface area (Å²) in [7, 11) is 0. The highest BCUT2D eigenvalue weighted by Gasteiger charge is 2.03. The first-order chi connectivity index (χ1) is 5.59. The van der Waals surface area contributed by atoms with E-state index in [2.05, 4.69) is 31.2 Å². The summed E-state index contributed by atoms with van der Waals surface area (Å²) in [6, 6.07) is 0.326. The van der Waals surface area contributed by atoms with Crippen LogP contribution in [0.5, 0.6) is 0 Å².